The minimum Gasteiger partial charge on any atom is -0.421 e. The summed E-state index contributed by atoms with van der Waals surface area (Å²) in [4.78, 5) is 0. The van der Waals surface area contributed by atoms with E-state index >= 15 is 0 Å². The number of sulfonamides is 2. The van der Waals surface area contributed by atoms with Gasteiger partial charge in [0.1, 0.15) is 6.54 Å². The van der Waals surface area contributed by atoms with Crippen molar-refractivity contribution in [2.45, 2.75) is 24.4 Å². The maximum atomic E-state index is 11.4. The molecule has 0 saturated carbocycles. The first kappa shape index (κ1) is 23.9. The Morgan fingerprint density at radius 1 is 0.960 bits per heavy atom. The lowest BCUT2D eigenvalue weighted by molar-refractivity contribution is -0.854. The number of hydrogen-bond acceptors (Lipinski definition) is 4. The monoisotopic (exact) mass is 418 g/mol. The molecular weight excluding hydrogens is 402 g/mol. The molecule has 148 valence electrons. The van der Waals surface area contributed by atoms with E-state index < -0.39 is 31.1 Å². The SMILES string of the molecule is CCC[N+]1(C)C=CC=CC1.O=S(=O)([N-]S(=O)(=O)C(F)(F)F)C(F)(F)F. The molecule has 1 aliphatic heterocycles. The van der Waals surface area contributed by atoms with Gasteiger partial charge in [-0.15, -0.1) is 0 Å². The summed E-state index contributed by atoms with van der Waals surface area (Å²) in [6.07, 6.45) is 10.0. The molecule has 14 heteroatoms. The zero-order valence-corrected chi connectivity index (χ0v) is 14.7. The molecular formula is C11H16F6N2O4S2. The molecule has 1 aliphatic rings. The number of quaternary nitrogens is 1. The maximum Gasteiger partial charge on any atom is 0.480 e. The lowest BCUT2D eigenvalue weighted by Crippen LogP contribution is -2.39. The number of halogens is 6. The normalized spacial score (nSPS) is 21.6. The Hall–Kier alpha value is -1.12. The molecule has 0 aliphatic carbocycles. The van der Waals surface area contributed by atoms with E-state index in [1.54, 1.807) is 0 Å². The quantitative estimate of drug-likeness (QED) is 0.519. The molecule has 0 radical (unpaired) electrons. The fourth-order valence-electron chi connectivity index (χ4n) is 1.59. The predicted octanol–water partition coefficient (Wildman–Crippen LogP) is 2.99. The van der Waals surface area contributed by atoms with Crippen molar-refractivity contribution in [1.29, 1.82) is 0 Å². The van der Waals surface area contributed by atoms with Gasteiger partial charge in [-0.25, -0.2) is 16.8 Å². The summed E-state index contributed by atoms with van der Waals surface area (Å²) in [5.41, 5.74) is -12.4. The third-order valence-electron chi connectivity index (χ3n) is 2.73. The molecule has 0 aromatic carbocycles. The number of rotatable bonds is 4. The summed E-state index contributed by atoms with van der Waals surface area (Å²) >= 11 is 0. The first-order chi connectivity index (χ1) is 11.0. The van der Waals surface area contributed by atoms with Gasteiger partial charge in [0.25, 0.3) is 0 Å². The van der Waals surface area contributed by atoms with Gasteiger partial charge in [-0.2, -0.15) is 26.3 Å². The van der Waals surface area contributed by atoms with Gasteiger partial charge in [0.15, 0.2) is 20.0 Å². The Labute approximate surface area is 141 Å². The fourth-order valence-corrected chi connectivity index (χ4v) is 3.30. The fraction of sp³-hybridized carbons (Fsp3) is 0.636. The Morgan fingerprint density at radius 3 is 1.68 bits per heavy atom. The largest absolute Gasteiger partial charge is 0.480 e. The highest BCUT2D eigenvalue weighted by molar-refractivity contribution is 8.13. The molecule has 0 saturated heterocycles. The van der Waals surface area contributed by atoms with Crippen LogP contribution in [0.15, 0.2) is 24.4 Å². The topological polar surface area (TPSA) is 82.4 Å². The van der Waals surface area contributed by atoms with Crippen molar-refractivity contribution in [3.05, 3.63) is 28.6 Å². The van der Waals surface area contributed by atoms with E-state index in [-0.39, 0.29) is 0 Å². The van der Waals surface area contributed by atoms with E-state index in [2.05, 4.69) is 38.4 Å². The second kappa shape index (κ2) is 8.05. The lowest BCUT2D eigenvalue weighted by atomic mass is 10.3. The van der Waals surface area contributed by atoms with Crippen LogP contribution in [0, 0.1) is 0 Å². The predicted molar refractivity (Wildman–Crippen MR) is 77.8 cm³/mol. The summed E-state index contributed by atoms with van der Waals surface area (Å²) in [5, 5.41) is 0. The molecule has 1 unspecified atom stereocenters. The van der Waals surface area contributed by atoms with Crippen molar-refractivity contribution < 1.29 is 47.7 Å². The second-order valence-electron chi connectivity index (χ2n) is 5.07. The molecule has 1 atom stereocenters. The van der Waals surface area contributed by atoms with Crippen molar-refractivity contribution >= 4 is 20.0 Å². The third kappa shape index (κ3) is 7.33. The highest BCUT2D eigenvalue weighted by Crippen LogP contribution is 2.36. The van der Waals surface area contributed by atoms with Gasteiger partial charge in [0, 0.05) is 0 Å². The Kier molecular flexibility index (Phi) is 7.69. The number of hydrogen-bond donors (Lipinski definition) is 0. The average Bonchev–Trinajstić information content (AvgIpc) is 2.36. The molecule has 0 aromatic rings. The molecule has 0 amide bonds. The van der Waals surface area contributed by atoms with Crippen LogP contribution in [0.25, 0.3) is 4.13 Å². The van der Waals surface area contributed by atoms with E-state index in [1.807, 2.05) is 0 Å². The maximum absolute atomic E-state index is 11.4. The molecule has 0 fully saturated rings. The van der Waals surface area contributed by atoms with E-state index in [4.69, 9.17) is 0 Å². The molecule has 6 nitrogen and oxygen atoms in total. The van der Waals surface area contributed by atoms with Crippen LogP contribution in [0.4, 0.5) is 26.3 Å². The van der Waals surface area contributed by atoms with Crippen molar-refractivity contribution in [3.63, 3.8) is 0 Å². The van der Waals surface area contributed by atoms with Gasteiger partial charge < -0.3 is 4.13 Å². The van der Waals surface area contributed by atoms with E-state index in [9.17, 15) is 43.2 Å². The van der Waals surface area contributed by atoms with E-state index in [0.717, 1.165) is 15.2 Å². The van der Waals surface area contributed by atoms with Crippen LogP contribution in [0.3, 0.4) is 0 Å². The summed E-state index contributed by atoms with van der Waals surface area (Å²) in [6, 6.07) is 0. The Bertz CT molecular complexity index is 668. The summed E-state index contributed by atoms with van der Waals surface area (Å²) in [6.45, 7) is 4.64. The zero-order chi connectivity index (χ0) is 20.2. The molecule has 0 N–H and O–H groups in total. The molecule has 0 aromatic heterocycles. The smallest absolute Gasteiger partial charge is 0.421 e. The van der Waals surface area contributed by atoms with Gasteiger partial charge in [-0.3, -0.25) is 4.48 Å². The van der Waals surface area contributed by atoms with Crippen molar-refractivity contribution in [3.8, 4) is 0 Å². The number of nitrogens with zero attached hydrogens (tertiary/aromatic N) is 2. The van der Waals surface area contributed by atoms with E-state index in [0.29, 0.717) is 0 Å². The van der Waals surface area contributed by atoms with Crippen LogP contribution in [0.2, 0.25) is 0 Å². The second-order valence-corrected chi connectivity index (χ2v) is 8.49. The summed E-state index contributed by atoms with van der Waals surface area (Å²) in [7, 11) is -11.2. The van der Waals surface area contributed by atoms with Gasteiger partial charge in [-0.1, -0.05) is 13.0 Å². The highest BCUT2D eigenvalue weighted by Gasteiger charge is 2.46. The van der Waals surface area contributed by atoms with E-state index in [1.165, 1.54) is 13.0 Å². The zero-order valence-electron chi connectivity index (χ0n) is 13.0. The molecule has 1 heterocycles. The minimum atomic E-state index is -6.72. The average molecular weight is 418 g/mol. The standard InChI is InChI=1S/C9H16N.C2F6NO4S2/c1-3-7-10(2)8-5-4-6-9-10;3-1(4,5)14(10,11)9-15(12,13)2(6,7)8/h4-6,8H,3,7,9H2,1-2H3;/q+1;-1. The van der Waals surface area contributed by atoms with Gasteiger partial charge in [-0.05, 0) is 18.6 Å². The van der Waals surface area contributed by atoms with Crippen LogP contribution in [0.5, 0.6) is 0 Å². The van der Waals surface area contributed by atoms with Crippen LogP contribution >= 0.6 is 0 Å². The van der Waals surface area contributed by atoms with Crippen molar-refractivity contribution in [2.75, 3.05) is 20.1 Å². The minimum absolute atomic E-state index is 0.778. The molecule has 1 rings (SSSR count). The van der Waals surface area contributed by atoms with Crippen molar-refractivity contribution in [1.82, 2.24) is 0 Å². The van der Waals surface area contributed by atoms with Gasteiger partial charge >= 0.3 is 11.0 Å². The van der Waals surface area contributed by atoms with Crippen LogP contribution in [-0.2, 0) is 20.0 Å². The van der Waals surface area contributed by atoms with Crippen molar-refractivity contribution in [2.24, 2.45) is 0 Å². The number of likely N-dealkylation sites (N-methyl/N-ethyl adjacent to an activating group) is 1. The highest BCUT2D eigenvalue weighted by atomic mass is 32.3. The Morgan fingerprint density at radius 2 is 1.40 bits per heavy atom. The van der Waals surface area contributed by atoms with Crippen LogP contribution < -0.4 is 0 Å². The molecule has 25 heavy (non-hydrogen) atoms. The molecule has 0 spiro atoms. The first-order valence-electron chi connectivity index (χ1n) is 6.53. The third-order valence-corrected chi connectivity index (χ3v) is 5.47. The Balaban J connectivity index is 0.000000496. The lowest BCUT2D eigenvalue weighted by Gasteiger charge is -2.29. The van der Waals surface area contributed by atoms with Crippen LogP contribution in [0.1, 0.15) is 13.3 Å². The summed E-state index contributed by atoms with van der Waals surface area (Å²) in [5.74, 6) is 0. The van der Waals surface area contributed by atoms with Crippen LogP contribution in [-0.4, -0.2) is 52.5 Å². The molecule has 0 bridgehead atoms. The summed E-state index contributed by atoms with van der Waals surface area (Å²) < 4.78 is 110. The number of allylic oxidation sites excluding steroid dienone is 2. The van der Waals surface area contributed by atoms with Gasteiger partial charge in [0.05, 0.1) is 19.8 Å². The van der Waals surface area contributed by atoms with Gasteiger partial charge in [0.2, 0.25) is 0 Å². The first-order valence-corrected chi connectivity index (χ1v) is 9.41. The number of alkyl halides is 6.